The predicted octanol–water partition coefficient (Wildman–Crippen LogP) is 2.76. The molecule has 1 aromatic carbocycles. The van der Waals surface area contributed by atoms with Gasteiger partial charge in [-0.25, -0.2) is 0 Å². The van der Waals surface area contributed by atoms with E-state index in [1.165, 1.54) is 24.3 Å². The molecule has 0 N–H and O–H groups in total. The number of aryl methyl sites for hydroxylation is 1. The van der Waals surface area contributed by atoms with Gasteiger partial charge in [-0.05, 0) is 24.1 Å². The van der Waals surface area contributed by atoms with Crippen LogP contribution in [0.4, 0.5) is 5.69 Å². The average molecular weight is 330 g/mol. The largest absolute Gasteiger partial charge is 0.369 e. The quantitative estimate of drug-likeness (QED) is 0.478. The molecule has 0 radical (unpaired) electrons. The maximum atomic E-state index is 2.50. The van der Waals surface area contributed by atoms with Gasteiger partial charge in [0.1, 0.15) is 0 Å². The molecule has 1 heterocycles. The van der Waals surface area contributed by atoms with Crippen molar-refractivity contribution in [2.75, 3.05) is 35.6 Å². The van der Waals surface area contributed by atoms with Crippen LogP contribution in [0.1, 0.15) is 12.5 Å². The second kappa shape index (κ2) is 5.87. The van der Waals surface area contributed by atoms with Crippen LogP contribution in [-0.2, 0) is 6.42 Å². The first kappa shape index (κ1) is 12.2. The standard InChI is InChI=1S/C13H19IN2/c1-2-12-3-5-13(6-4-12)16-9-7-15(11-14)8-10-16/h3-6H,2,7-11H2,1H3. The topological polar surface area (TPSA) is 6.48 Å². The van der Waals surface area contributed by atoms with Crippen LogP contribution in [0.3, 0.4) is 0 Å². The van der Waals surface area contributed by atoms with Crippen molar-refractivity contribution in [3.8, 4) is 0 Å². The second-order valence-electron chi connectivity index (χ2n) is 4.24. The van der Waals surface area contributed by atoms with Gasteiger partial charge in [-0.3, -0.25) is 4.90 Å². The Morgan fingerprint density at radius 2 is 1.69 bits per heavy atom. The maximum Gasteiger partial charge on any atom is 0.0507 e. The van der Waals surface area contributed by atoms with E-state index in [0.717, 1.165) is 24.1 Å². The van der Waals surface area contributed by atoms with Crippen LogP contribution < -0.4 is 4.90 Å². The first-order valence-corrected chi connectivity index (χ1v) is 7.48. The van der Waals surface area contributed by atoms with Crippen molar-refractivity contribution in [3.05, 3.63) is 29.8 Å². The van der Waals surface area contributed by atoms with Gasteiger partial charge in [0, 0.05) is 31.9 Å². The number of nitrogens with zero attached hydrogens (tertiary/aromatic N) is 2. The summed E-state index contributed by atoms with van der Waals surface area (Å²) in [6.07, 6.45) is 1.13. The monoisotopic (exact) mass is 330 g/mol. The third-order valence-corrected chi connectivity index (χ3v) is 4.22. The Labute approximate surface area is 112 Å². The molecule has 2 nitrogen and oxygen atoms in total. The van der Waals surface area contributed by atoms with Crippen LogP contribution in [0.15, 0.2) is 24.3 Å². The SMILES string of the molecule is CCc1ccc(N2CCN(CI)CC2)cc1. The van der Waals surface area contributed by atoms with Crippen molar-refractivity contribution in [1.82, 2.24) is 4.90 Å². The molecule has 2 rings (SSSR count). The van der Waals surface area contributed by atoms with Gasteiger partial charge in [0.05, 0.1) is 4.55 Å². The van der Waals surface area contributed by atoms with E-state index in [-0.39, 0.29) is 0 Å². The van der Waals surface area contributed by atoms with E-state index >= 15 is 0 Å². The Kier molecular flexibility index (Phi) is 4.46. The minimum Gasteiger partial charge on any atom is -0.369 e. The van der Waals surface area contributed by atoms with Crippen molar-refractivity contribution in [2.24, 2.45) is 0 Å². The van der Waals surface area contributed by atoms with Gasteiger partial charge >= 0.3 is 0 Å². The van der Waals surface area contributed by atoms with Crippen LogP contribution in [0.2, 0.25) is 0 Å². The molecule has 0 bridgehead atoms. The van der Waals surface area contributed by atoms with E-state index in [1.54, 1.807) is 0 Å². The summed E-state index contributed by atoms with van der Waals surface area (Å²) in [7, 11) is 0. The lowest BCUT2D eigenvalue weighted by molar-refractivity contribution is 0.307. The average Bonchev–Trinajstić information content (AvgIpc) is 2.39. The highest BCUT2D eigenvalue weighted by Gasteiger charge is 2.15. The van der Waals surface area contributed by atoms with Gasteiger partial charge in [-0.2, -0.15) is 0 Å². The molecule has 3 heteroatoms. The third kappa shape index (κ3) is 2.88. The lowest BCUT2D eigenvalue weighted by Gasteiger charge is -2.35. The molecule has 1 fully saturated rings. The van der Waals surface area contributed by atoms with Gasteiger partial charge in [0.25, 0.3) is 0 Å². The summed E-state index contributed by atoms with van der Waals surface area (Å²) in [6.45, 7) is 6.91. The van der Waals surface area contributed by atoms with Crippen molar-refractivity contribution >= 4 is 28.3 Å². The van der Waals surface area contributed by atoms with Crippen LogP contribution in [0.25, 0.3) is 0 Å². The minimum atomic E-state index is 1.13. The molecule has 0 saturated carbocycles. The van der Waals surface area contributed by atoms with Gasteiger partial charge in [0.15, 0.2) is 0 Å². The predicted molar refractivity (Wildman–Crippen MR) is 78.5 cm³/mol. The van der Waals surface area contributed by atoms with Crippen LogP contribution in [0, 0.1) is 0 Å². The summed E-state index contributed by atoms with van der Waals surface area (Å²) >= 11 is 2.45. The number of piperazine rings is 1. The highest BCUT2D eigenvalue weighted by molar-refractivity contribution is 14.1. The molecule has 0 unspecified atom stereocenters. The van der Waals surface area contributed by atoms with Crippen molar-refractivity contribution in [2.45, 2.75) is 13.3 Å². The van der Waals surface area contributed by atoms with Gasteiger partial charge < -0.3 is 4.90 Å². The lowest BCUT2D eigenvalue weighted by Crippen LogP contribution is -2.45. The summed E-state index contributed by atoms with van der Waals surface area (Å²) in [5.41, 5.74) is 2.81. The van der Waals surface area contributed by atoms with Gasteiger partial charge in [-0.1, -0.05) is 41.6 Å². The van der Waals surface area contributed by atoms with Gasteiger partial charge in [0.2, 0.25) is 0 Å². The van der Waals surface area contributed by atoms with Crippen LogP contribution in [-0.4, -0.2) is 35.6 Å². The molecule has 1 saturated heterocycles. The number of anilines is 1. The molecule has 0 aromatic heterocycles. The van der Waals surface area contributed by atoms with Gasteiger partial charge in [-0.15, -0.1) is 0 Å². The number of benzene rings is 1. The number of rotatable bonds is 3. The number of alkyl halides is 1. The first-order chi connectivity index (χ1) is 7.83. The highest BCUT2D eigenvalue weighted by Crippen LogP contribution is 2.17. The van der Waals surface area contributed by atoms with Crippen molar-refractivity contribution in [1.29, 1.82) is 0 Å². The summed E-state index contributed by atoms with van der Waals surface area (Å²) in [4.78, 5) is 4.99. The summed E-state index contributed by atoms with van der Waals surface area (Å²) in [5.74, 6) is 0. The minimum absolute atomic E-state index is 1.13. The smallest absolute Gasteiger partial charge is 0.0507 e. The zero-order valence-electron chi connectivity index (χ0n) is 9.82. The molecule has 16 heavy (non-hydrogen) atoms. The molecule has 1 aromatic rings. The first-order valence-electron chi connectivity index (χ1n) is 5.95. The molecular formula is C13H19IN2. The lowest BCUT2D eigenvalue weighted by atomic mass is 10.1. The van der Waals surface area contributed by atoms with Crippen molar-refractivity contribution < 1.29 is 0 Å². The Morgan fingerprint density at radius 3 is 2.19 bits per heavy atom. The van der Waals surface area contributed by atoms with Crippen molar-refractivity contribution in [3.63, 3.8) is 0 Å². The Hall–Kier alpha value is -0.290. The molecule has 1 aliphatic heterocycles. The molecule has 0 spiro atoms. The zero-order valence-corrected chi connectivity index (χ0v) is 12.0. The summed E-state index contributed by atoms with van der Waals surface area (Å²) < 4.78 is 1.15. The Morgan fingerprint density at radius 1 is 1.06 bits per heavy atom. The molecule has 0 aliphatic carbocycles. The fourth-order valence-electron chi connectivity index (χ4n) is 2.07. The van der Waals surface area contributed by atoms with E-state index in [2.05, 4.69) is 63.6 Å². The van der Waals surface area contributed by atoms with E-state index < -0.39 is 0 Å². The zero-order chi connectivity index (χ0) is 11.4. The summed E-state index contributed by atoms with van der Waals surface area (Å²) in [5, 5.41) is 0. The molecule has 0 amide bonds. The molecule has 1 aliphatic rings. The fourth-order valence-corrected chi connectivity index (χ4v) is 2.75. The van der Waals surface area contributed by atoms with E-state index in [9.17, 15) is 0 Å². The second-order valence-corrected chi connectivity index (χ2v) is 4.93. The molecule has 0 atom stereocenters. The van der Waals surface area contributed by atoms with Crippen LogP contribution in [0.5, 0.6) is 0 Å². The van der Waals surface area contributed by atoms with E-state index in [0.29, 0.717) is 0 Å². The number of hydrogen-bond acceptors (Lipinski definition) is 2. The Balaban J connectivity index is 1.97. The van der Waals surface area contributed by atoms with E-state index in [4.69, 9.17) is 0 Å². The summed E-state index contributed by atoms with van der Waals surface area (Å²) in [6, 6.07) is 9.02. The fraction of sp³-hybridized carbons (Fsp3) is 0.538. The Bertz CT molecular complexity index is 315. The highest BCUT2D eigenvalue weighted by atomic mass is 127. The molecule has 88 valence electrons. The normalized spacial score (nSPS) is 17.8. The third-order valence-electron chi connectivity index (χ3n) is 3.25. The maximum absolute atomic E-state index is 2.50. The number of hydrogen-bond donors (Lipinski definition) is 0. The van der Waals surface area contributed by atoms with Crippen LogP contribution >= 0.6 is 22.6 Å². The molecular weight excluding hydrogens is 311 g/mol. The number of halogens is 1. The van der Waals surface area contributed by atoms with E-state index in [1.807, 2.05) is 0 Å².